The predicted molar refractivity (Wildman–Crippen MR) is 51.1 cm³/mol. The van der Waals surface area contributed by atoms with Crippen molar-refractivity contribution in [3.63, 3.8) is 0 Å². The number of carbonyl (C=O) groups is 1. The van der Waals surface area contributed by atoms with E-state index < -0.39 is 5.54 Å². The number of carbonyl (C=O) groups excluding carboxylic acids is 1. The molecule has 1 heterocycles. The lowest BCUT2D eigenvalue weighted by Gasteiger charge is -2.20. The second-order valence-electron chi connectivity index (χ2n) is 4.47. The van der Waals surface area contributed by atoms with Crippen LogP contribution in [0, 0.1) is 5.92 Å². The van der Waals surface area contributed by atoms with E-state index in [1.54, 1.807) is 0 Å². The minimum absolute atomic E-state index is 0.198. The van der Waals surface area contributed by atoms with Gasteiger partial charge < -0.3 is 10.6 Å². The predicted octanol–water partition coefficient (Wildman–Crippen LogP) is 0.736. The number of hydrogen-bond donors (Lipinski definition) is 1. The molecule has 1 atom stereocenters. The molecular formula is C10H18N2O. The smallest absolute Gasteiger partial charge is 0.242 e. The molecule has 13 heavy (non-hydrogen) atoms. The van der Waals surface area contributed by atoms with Gasteiger partial charge in [0.15, 0.2) is 0 Å². The minimum Gasteiger partial charge on any atom is -0.341 e. The maximum atomic E-state index is 11.8. The summed E-state index contributed by atoms with van der Waals surface area (Å²) < 4.78 is 0. The molecule has 2 fully saturated rings. The summed E-state index contributed by atoms with van der Waals surface area (Å²) in [6.45, 7) is 4.05. The lowest BCUT2D eigenvalue weighted by atomic mass is 10.1. The number of hydrogen-bond acceptors (Lipinski definition) is 2. The SMILES string of the molecule is CCC1CCN(C(=O)C2(N)CC2)C1. The van der Waals surface area contributed by atoms with Crippen molar-refractivity contribution in [1.82, 2.24) is 4.90 Å². The van der Waals surface area contributed by atoms with Gasteiger partial charge in [0.1, 0.15) is 0 Å². The third-order valence-corrected chi connectivity index (χ3v) is 3.37. The van der Waals surface area contributed by atoms with Gasteiger partial charge in [0.2, 0.25) is 5.91 Å². The summed E-state index contributed by atoms with van der Waals surface area (Å²) in [5, 5.41) is 0. The molecule has 0 spiro atoms. The fraction of sp³-hybridized carbons (Fsp3) is 0.900. The van der Waals surface area contributed by atoms with E-state index in [0.717, 1.165) is 25.9 Å². The van der Waals surface area contributed by atoms with Gasteiger partial charge >= 0.3 is 0 Å². The average Bonchev–Trinajstić information content (AvgIpc) is 2.71. The van der Waals surface area contributed by atoms with Gasteiger partial charge in [0.05, 0.1) is 5.54 Å². The topological polar surface area (TPSA) is 46.3 Å². The minimum atomic E-state index is -0.456. The van der Waals surface area contributed by atoms with Gasteiger partial charge in [-0.1, -0.05) is 13.3 Å². The molecule has 1 aliphatic carbocycles. The van der Waals surface area contributed by atoms with Crippen LogP contribution in [-0.4, -0.2) is 29.4 Å². The van der Waals surface area contributed by atoms with Crippen molar-refractivity contribution in [3.05, 3.63) is 0 Å². The van der Waals surface area contributed by atoms with E-state index in [1.165, 1.54) is 12.8 Å². The molecule has 2 N–H and O–H groups in total. The molecule has 74 valence electrons. The van der Waals surface area contributed by atoms with Crippen molar-refractivity contribution in [3.8, 4) is 0 Å². The summed E-state index contributed by atoms with van der Waals surface area (Å²) in [5.74, 6) is 0.912. The number of nitrogens with two attached hydrogens (primary N) is 1. The van der Waals surface area contributed by atoms with Gasteiger partial charge in [-0.2, -0.15) is 0 Å². The molecule has 3 heteroatoms. The maximum absolute atomic E-state index is 11.8. The Kier molecular flexibility index (Phi) is 2.06. The Hall–Kier alpha value is -0.570. The highest BCUT2D eigenvalue weighted by Gasteiger charge is 2.48. The van der Waals surface area contributed by atoms with Crippen molar-refractivity contribution < 1.29 is 4.79 Å². The van der Waals surface area contributed by atoms with Crippen molar-refractivity contribution in [2.45, 2.75) is 38.1 Å². The first-order chi connectivity index (χ1) is 6.15. The second-order valence-corrected chi connectivity index (χ2v) is 4.47. The third-order valence-electron chi connectivity index (χ3n) is 3.37. The maximum Gasteiger partial charge on any atom is 0.242 e. The molecular weight excluding hydrogens is 164 g/mol. The fourth-order valence-electron chi connectivity index (χ4n) is 2.01. The number of amides is 1. The molecule has 2 aliphatic rings. The Morgan fingerprint density at radius 2 is 2.31 bits per heavy atom. The molecule has 1 unspecified atom stereocenters. The lowest BCUT2D eigenvalue weighted by molar-refractivity contribution is -0.132. The molecule has 1 saturated carbocycles. The Balaban J connectivity index is 1.92. The highest BCUT2D eigenvalue weighted by molar-refractivity contribution is 5.89. The van der Waals surface area contributed by atoms with Crippen LogP contribution in [0.2, 0.25) is 0 Å². The molecule has 0 aromatic rings. The first-order valence-electron chi connectivity index (χ1n) is 5.24. The van der Waals surface area contributed by atoms with Crippen LogP contribution in [0.5, 0.6) is 0 Å². The number of rotatable bonds is 2. The average molecular weight is 182 g/mol. The molecule has 1 aliphatic heterocycles. The zero-order valence-corrected chi connectivity index (χ0v) is 8.25. The molecule has 0 bridgehead atoms. The molecule has 3 nitrogen and oxygen atoms in total. The number of likely N-dealkylation sites (tertiary alicyclic amines) is 1. The van der Waals surface area contributed by atoms with Crippen molar-refractivity contribution in [2.75, 3.05) is 13.1 Å². The molecule has 1 saturated heterocycles. The van der Waals surface area contributed by atoms with Gasteiger partial charge in [-0.3, -0.25) is 4.79 Å². The molecule has 0 aromatic heterocycles. The largest absolute Gasteiger partial charge is 0.341 e. The molecule has 0 aromatic carbocycles. The summed E-state index contributed by atoms with van der Waals surface area (Å²) in [7, 11) is 0. The van der Waals surface area contributed by atoms with Crippen LogP contribution < -0.4 is 5.73 Å². The van der Waals surface area contributed by atoms with Gasteiger partial charge in [-0.25, -0.2) is 0 Å². The summed E-state index contributed by atoms with van der Waals surface area (Å²) in [6.07, 6.45) is 4.12. The van der Waals surface area contributed by atoms with E-state index in [2.05, 4.69) is 6.92 Å². The van der Waals surface area contributed by atoms with E-state index in [1.807, 2.05) is 4.90 Å². The Morgan fingerprint density at radius 3 is 2.77 bits per heavy atom. The zero-order chi connectivity index (χ0) is 9.47. The van der Waals surface area contributed by atoms with E-state index in [0.29, 0.717) is 5.92 Å². The summed E-state index contributed by atoms with van der Waals surface area (Å²) >= 11 is 0. The molecule has 1 amide bonds. The highest BCUT2D eigenvalue weighted by Crippen LogP contribution is 2.35. The third kappa shape index (κ3) is 1.57. The Bertz CT molecular complexity index is 223. The Morgan fingerprint density at radius 1 is 1.62 bits per heavy atom. The van der Waals surface area contributed by atoms with Gasteiger partial charge in [0, 0.05) is 13.1 Å². The van der Waals surface area contributed by atoms with Crippen LogP contribution >= 0.6 is 0 Å². The standard InChI is InChI=1S/C10H18N2O/c1-2-8-3-6-12(7-8)9(13)10(11)4-5-10/h8H,2-7,11H2,1H3. The van der Waals surface area contributed by atoms with Gasteiger partial charge in [-0.15, -0.1) is 0 Å². The van der Waals surface area contributed by atoms with Crippen LogP contribution in [0.1, 0.15) is 32.6 Å². The van der Waals surface area contributed by atoms with Crippen molar-refractivity contribution in [2.24, 2.45) is 11.7 Å². The van der Waals surface area contributed by atoms with Crippen molar-refractivity contribution in [1.29, 1.82) is 0 Å². The first kappa shape index (κ1) is 9.00. The monoisotopic (exact) mass is 182 g/mol. The highest BCUT2D eigenvalue weighted by atomic mass is 16.2. The van der Waals surface area contributed by atoms with Crippen LogP contribution in [0.4, 0.5) is 0 Å². The summed E-state index contributed by atoms with van der Waals surface area (Å²) in [5.41, 5.74) is 5.41. The second kappa shape index (κ2) is 2.98. The van der Waals surface area contributed by atoms with Crippen LogP contribution in [0.15, 0.2) is 0 Å². The molecule has 0 radical (unpaired) electrons. The van der Waals surface area contributed by atoms with Gasteiger partial charge in [-0.05, 0) is 25.2 Å². The van der Waals surface area contributed by atoms with E-state index >= 15 is 0 Å². The Labute approximate surface area is 79.3 Å². The van der Waals surface area contributed by atoms with E-state index in [4.69, 9.17) is 5.73 Å². The fourth-order valence-corrected chi connectivity index (χ4v) is 2.01. The van der Waals surface area contributed by atoms with Crippen LogP contribution in [0.3, 0.4) is 0 Å². The van der Waals surface area contributed by atoms with Crippen LogP contribution in [0.25, 0.3) is 0 Å². The van der Waals surface area contributed by atoms with Crippen molar-refractivity contribution >= 4 is 5.91 Å². The van der Waals surface area contributed by atoms with Gasteiger partial charge in [0.25, 0.3) is 0 Å². The quantitative estimate of drug-likeness (QED) is 0.684. The molecule has 2 rings (SSSR count). The zero-order valence-electron chi connectivity index (χ0n) is 8.25. The summed E-state index contributed by atoms with van der Waals surface area (Å²) in [6, 6.07) is 0. The normalized spacial score (nSPS) is 30.6. The summed E-state index contributed by atoms with van der Waals surface area (Å²) in [4.78, 5) is 13.8. The first-order valence-corrected chi connectivity index (χ1v) is 5.24. The van der Waals surface area contributed by atoms with Crippen LogP contribution in [-0.2, 0) is 4.79 Å². The lowest BCUT2D eigenvalue weighted by Crippen LogP contribution is -2.44. The van der Waals surface area contributed by atoms with E-state index in [-0.39, 0.29) is 5.91 Å². The number of nitrogens with zero attached hydrogens (tertiary/aromatic N) is 1. The van der Waals surface area contributed by atoms with E-state index in [9.17, 15) is 4.79 Å².